The van der Waals surface area contributed by atoms with Crippen LogP contribution in [0.25, 0.3) is 21.8 Å². The summed E-state index contributed by atoms with van der Waals surface area (Å²) in [7, 11) is 0. The molecule has 0 atom stereocenters. The van der Waals surface area contributed by atoms with Crippen LogP contribution < -0.4 is 0 Å². The molecule has 2 heteroatoms. The Labute approximate surface area is 111 Å². The molecule has 0 saturated heterocycles. The van der Waals surface area contributed by atoms with Gasteiger partial charge in [0.2, 0.25) is 0 Å². The zero-order chi connectivity index (χ0) is 12.4. The van der Waals surface area contributed by atoms with E-state index in [2.05, 4.69) is 66.9 Å². The van der Waals surface area contributed by atoms with E-state index in [0.29, 0.717) is 0 Å². The molecule has 3 aromatic rings. The Bertz CT molecular complexity index is 656. The number of benzene rings is 1. The lowest BCUT2D eigenvalue weighted by Gasteiger charge is -2.06. The van der Waals surface area contributed by atoms with Crippen molar-refractivity contribution in [1.82, 2.24) is 4.98 Å². The molecule has 0 fully saturated rings. The van der Waals surface area contributed by atoms with Crippen LogP contribution in [0, 0.1) is 6.92 Å². The first-order valence-corrected chi connectivity index (χ1v) is 6.79. The molecular formula is C16H13NS. The van der Waals surface area contributed by atoms with Crippen molar-refractivity contribution in [3.8, 4) is 21.8 Å². The lowest BCUT2D eigenvalue weighted by atomic mass is 10.1. The van der Waals surface area contributed by atoms with Gasteiger partial charge in [-0.3, -0.25) is 0 Å². The largest absolute Gasteiger partial charge is 0.247 e. The smallest absolute Gasteiger partial charge is 0.0809 e. The summed E-state index contributed by atoms with van der Waals surface area (Å²) in [5.41, 5.74) is 4.55. The molecule has 2 heterocycles. The van der Waals surface area contributed by atoms with Gasteiger partial charge in [-0.05, 0) is 36.1 Å². The molecule has 0 spiro atoms. The monoisotopic (exact) mass is 251 g/mol. The van der Waals surface area contributed by atoms with Crippen LogP contribution in [0.5, 0.6) is 0 Å². The minimum Gasteiger partial charge on any atom is -0.247 e. The SMILES string of the molecule is Cc1ccccc1-c1cccc(-c2cccs2)n1. The number of hydrogen-bond donors (Lipinski definition) is 0. The predicted octanol–water partition coefficient (Wildman–Crippen LogP) is 4.79. The van der Waals surface area contributed by atoms with Gasteiger partial charge < -0.3 is 0 Å². The highest BCUT2D eigenvalue weighted by atomic mass is 32.1. The highest BCUT2D eigenvalue weighted by Gasteiger charge is 2.05. The first kappa shape index (κ1) is 11.2. The van der Waals surface area contributed by atoms with Crippen LogP contribution in [0.4, 0.5) is 0 Å². The predicted molar refractivity (Wildman–Crippen MR) is 77.7 cm³/mol. The number of aromatic nitrogens is 1. The summed E-state index contributed by atoms with van der Waals surface area (Å²) >= 11 is 1.72. The Morgan fingerprint density at radius 2 is 1.67 bits per heavy atom. The highest BCUT2D eigenvalue weighted by molar-refractivity contribution is 7.13. The summed E-state index contributed by atoms with van der Waals surface area (Å²) in [4.78, 5) is 5.97. The lowest BCUT2D eigenvalue weighted by Crippen LogP contribution is -1.88. The fourth-order valence-corrected chi connectivity index (χ4v) is 2.70. The summed E-state index contributed by atoms with van der Waals surface area (Å²) in [5, 5.41) is 2.08. The molecule has 3 rings (SSSR count). The van der Waals surface area contributed by atoms with Crippen LogP contribution in [-0.4, -0.2) is 4.98 Å². The molecule has 0 N–H and O–H groups in total. The Morgan fingerprint density at radius 3 is 2.44 bits per heavy atom. The minimum absolute atomic E-state index is 1.04. The third kappa shape index (κ3) is 2.07. The van der Waals surface area contributed by atoms with E-state index in [1.54, 1.807) is 11.3 Å². The van der Waals surface area contributed by atoms with E-state index in [0.717, 1.165) is 11.4 Å². The van der Waals surface area contributed by atoms with Gasteiger partial charge in [0.05, 0.1) is 16.3 Å². The maximum atomic E-state index is 4.76. The first-order valence-electron chi connectivity index (χ1n) is 5.91. The van der Waals surface area contributed by atoms with Crippen molar-refractivity contribution in [2.45, 2.75) is 6.92 Å². The van der Waals surface area contributed by atoms with Crippen LogP contribution in [0.3, 0.4) is 0 Å². The van der Waals surface area contributed by atoms with Crippen LogP contribution in [0.2, 0.25) is 0 Å². The standard InChI is InChI=1S/C16H13NS/c1-12-6-2-3-7-13(12)14-8-4-9-15(17-14)16-10-5-11-18-16/h2-11H,1H3. The van der Waals surface area contributed by atoms with E-state index in [-0.39, 0.29) is 0 Å². The van der Waals surface area contributed by atoms with Crippen molar-refractivity contribution in [2.75, 3.05) is 0 Å². The first-order chi connectivity index (χ1) is 8.84. The van der Waals surface area contributed by atoms with Gasteiger partial charge in [0.1, 0.15) is 0 Å². The number of aryl methyl sites for hydroxylation is 1. The van der Waals surface area contributed by atoms with Crippen molar-refractivity contribution in [3.63, 3.8) is 0 Å². The molecule has 1 nitrogen and oxygen atoms in total. The summed E-state index contributed by atoms with van der Waals surface area (Å²) in [6.07, 6.45) is 0. The number of pyridine rings is 1. The molecule has 0 amide bonds. The van der Waals surface area contributed by atoms with Gasteiger partial charge in [0.15, 0.2) is 0 Å². The molecule has 0 bridgehead atoms. The fourth-order valence-electron chi connectivity index (χ4n) is 2.01. The van der Waals surface area contributed by atoms with Crippen molar-refractivity contribution >= 4 is 11.3 Å². The quantitative estimate of drug-likeness (QED) is 0.638. The van der Waals surface area contributed by atoms with Gasteiger partial charge in [0.25, 0.3) is 0 Å². The topological polar surface area (TPSA) is 12.9 Å². The molecule has 0 aliphatic heterocycles. The zero-order valence-electron chi connectivity index (χ0n) is 10.1. The molecule has 18 heavy (non-hydrogen) atoms. The van der Waals surface area contributed by atoms with Gasteiger partial charge >= 0.3 is 0 Å². The molecule has 2 aromatic heterocycles. The molecule has 88 valence electrons. The van der Waals surface area contributed by atoms with Crippen LogP contribution in [0.15, 0.2) is 60.0 Å². The Hall–Kier alpha value is -1.93. The summed E-state index contributed by atoms with van der Waals surface area (Å²) in [6, 6.07) is 18.7. The molecule has 0 aliphatic carbocycles. The molecule has 0 saturated carbocycles. The zero-order valence-corrected chi connectivity index (χ0v) is 10.9. The van der Waals surface area contributed by atoms with E-state index < -0.39 is 0 Å². The van der Waals surface area contributed by atoms with Gasteiger partial charge in [0, 0.05) is 5.56 Å². The average molecular weight is 251 g/mol. The number of thiophene rings is 1. The van der Waals surface area contributed by atoms with E-state index in [1.807, 2.05) is 0 Å². The van der Waals surface area contributed by atoms with Crippen LogP contribution >= 0.6 is 11.3 Å². The normalized spacial score (nSPS) is 10.5. The summed E-state index contributed by atoms with van der Waals surface area (Å²) < 4.78 is 0. The Morgan fingerprint density at radius 1 is 0.833 bits per heavy atom. The Balaban J connectivity index is 2.10. The fraction of sp³-hybridized carbons (Fsp3) is 0.0625. The molecule has 0 radical (unpaired) electrons. The van der Waals surface area contributed by atoms with Crippen molar-refractivity contribution in [1.29, 1.82) is 0 Å². The van der Waals surface area contributed by atoms with Crippen molar-refractivity contribution in [2.24, 2.45) is 0 Å². The molecular weight excluding hydrogens is 238 g/mol. The van der Waals surface area contributed by atoms with E-state index in [1.165, 1.54) is 16.0 Å². The van der Waals surface area contributed by atoms with Gasteiger partial charge in [-0.15, -0.1) is 11.3 Å². The maximum Gasteiger partial charge on any atom is 0.0809 e. The van der Waals surface area contributed by atoms with Crippen LogP contribution in [-0.2, 0) is 0 Å². The highest BCUT2D eigenvalue weighted by Crippen LogP contribution is 2.27. The second-order valence-corrected chi connectivity index (χ2v) is 5.15. The van der Waals surface area contributed by atoms with Gasteiger partial charge in [-0.25, -0.2) is 4.98 Å². The van der Waals surface area contributed by atoms with E-state index >= 15 is 0 Å². The average Bonchev–Trinajstić information content (AvgIpc) is 2.93. The van der Waals surface area contributed by atoms with Crippen molar-refractivity contribution < 1.29 is 0 Å². The molecule has 0 unspecified atom stereocenters. The molecule has 1 aromatic carbocycles. The van der Waals surface area contributed by atoms with Gasteiger partial charge in [-0.2, -0.15) is 0 Å². The summed E-state index contributed by atoms with van der Waals surface area (Å²) in [6.45, 7) is 2.12. The maximum absolute atomic E-state index is 4.76. The number of hydrogen-bond acceptors (Lipinski definition) is 2. The number of nitrogens with zero attached hydrogens (tertiary/aromatic N) is 1. The molecule has 0 aliphatic rings. The second kappa shape index (κ2) is 4.75. The number of rotatable bonds is 2. The van der Waals surface area contributed by atoms with E-state index in [4.69, 9.17) is 4.98 Å². The Kier molecular flexibility index (Phi) is 2.95. The minimum atomic E-state index is 1.04. The third-order valence-corrected chi connectivity index (χ3v) is 3.84. The second-order valence-electron chi connectivity index (χ2n) is 4.20. The van der Waals surface area contributed by atoms with Crippen LogP contribution in [0.1, 0.15) is 5.56 Å². The summed E-state index contributed by atoms with van der Waals surface area (Å²) in [5.74, 6) is 0. The van der Waals surface area contributed by atoms with E-state index in [9.17, 15) is 0 Å². The van der Waals surface area contributed by atoms with Crippen molar-refractivity contribution in [3.05, 3.63) is 65.5 Å². The third-order valence-electron chi connectivity index (χ3n) is 2.94. The lowest BCUT2D eigenvalue weighted by molar-refractivity contribution is 1.31. The van der Waals surface area contributed by atoms with Gasteiger partial charge in [-0.1, -0.05) is 36.4 Å².